The maximum atomic E-state index is 13.0. The lowest BCUT2D eigenvalue weighted by Crippen LogP contribution is -2.30. The number of rotatable bonds is 5. The number of benzene rings is 2. The number of ether oxygens (including phenoxy) is 1. The van der Waals surface area contributed by atoms with Crippen molar-refractivity contribution in [3.8, 4) is 5.75 Å². The Morgan fingerprint density at radius 2 is 1.96 bits per heavy atom. The van der Waals surface area contributed by atoms with E-state index in [9.17, 15) is 4.39 Å². The van der Waals surface area contributed by atoms with Gasteiger partial charge in [0, 0.05) is 11.0 Å². The van der Waals surface area contributed by atoms with Crippen molar-refractivity contribution in [2.75, 3.05) is 19.0 Å². The van der Waals surface area contributed by atoms with Crippen molar-refractivity contribution >= 4 is 54.9 Å². The first-order valence-electron chi connectivity index (χ1n) is 6.82. The highest BCUT2D eigenvalue weighted by atomic mass is 79.9. The predicted molar refractivity (Wildman–Crippen MR) is 103 cm³/mol. The van der Waals surface area contributed by atoms with Crippen LogP contribution >= 0.6 is 44.1 Å². The monoisotopic (exact) mass is 460 g/mol. The first kappa shape index (κ1) is 18.2. The molecule has 0 aliphatic rings. The van der Waals surface area contributed by atoms with Crippen LogP contribution in [0, 0.1) is 5.82 Å². The van der Waals surface area contributed by atoms with Gasteiger partial charge < -0.3 is 15.4 Å². The summed E-state index contributed by atoms with van der Waals surface area (Å²) in [6, 6.07) is 10.4. The van der Waals surface area contributed by atoms with Crippen LogP contribution in [0.4, 0.5) is 10.1 Å². The van der Waals surface area contributed by atoms with Gasteiger partial charge in [-0.2, -0.15) is 0 Å². The minimum Gasteiger partial charge on any atom is -0.496 e. The van der Waals surface area contributed by atoms with E-state index < -0.39 is 0 Å². The maximum Gasteiger partial charge on any atom is 0.170 e. The van der Waals surface area contributed by atoms with E-state index in [0.29, 0.717) is 16.1 Å². The lowest BCUT2D eigenvalue weighted by molar-refractivity contribution is 0.412. The SMILES string of the molecule is COc1ccc(CCNC(=S)Nc2ccc(F)cc2Br)cc1Br. The van der Waals surface area contributed by atoms with Gasteiger partial charge in [0.25, 0.3) is 0 Å². The number of methoxy groups -OCH3 is 1. The Bertz CT molecular complexity index is 712. The van der Waals surface area contributed by atoms with E-state index in [0.717, 1.165) is 27.9 Å². The minimum absolute atomic E-state index is 0.300. The van der Waals surface area contributed by atoms with Gasteiger partial charge in [0.2, 0.25) is 0 Å². The van der Waals surface area contributed by atoms with Crippen LogP contribution in [-0.4, -0.2) is 18.8 Å². The molecule has 0 radical (unpaired) electrons. The Kier molecular flexibility index (Phi) is 6.80. The fourth-order valence-electron chi connectivity index (χ4n) is 1.94. The summed E-state index contributed by atoms with van der Waals surface area (Å²) in [5.74, 6) is 0.506. The lowest BCUT2D eigenvalue weighted by Gasteiger charge is -2.12. The number of nitrogens with one attached hydrogen (secondary N) is 2. The first-order chi connectivity index (χ1) is 11.0. The molecule has 0 fully saturated rings. The Morgan fingerprint density at radius 3 is 2.61 bits per heavy atom. The Morgan fingerprint density at radius 1 is 1.17 bits per heavy atom. The van der Waals surface area contributed by atoms with Crippen molar-refractivity contribution in [3.63, 3.8) is 0 Å². The van der Waals surface area contributed by atoms with E-state index in [4.69, 9.17) is 17.0 Å². The third kappa shape index (κ3) is 5.44. The fraction of sp³-hybridized carbons (Fsp3) is 0.188. The largest absolute Gasteiger partial charge is 0.496 e. The topological polar surface area (TPSA) is 33.3 Å². The van der Waals surface area contributed by atoms with Gasteiger partial charge in [-0.1, -0.05) is 6.07 Å². The van der Waals surface area contributed by atoms with Crippen molar-refractivity contribution < 1.29 is 9.13 Å². The predicted octanol–water partition coefficient (Wildman–Crippen LogP) is 4.89. The van der Waals surface area contributed by atoms with Gasteiger partial charge in [-0.25, -0.2) is 4.39 Å². The smallest absolute Gasteiger partial charge is 0.170 e. The van der Waals surface area contributed by atoms with Crippen LogP contribution in [0.2, 0.25) is 0 Å². The number of halogens is 3. The summed E-state index contributed by atoms with van der Waals surface area (Å²) in [6.07, 6.45) is 0.814. The van der Waals surface area contributed by atoms with Gasteiger partial charge in [0.05, 0.1) is 17.3 Å². The van der Waals surface area contributed by atoms with E-state index in [1.165, 1.54) is 12.1 Å². The van der Waals surface area contributed by atoms with Crippen LogP contribution in [0.1, 0.15) is 5.56 Å². The quantitative estimate of drug-likeness (QED) is 0.621. The summed E-state index contributed by atoms with van der Waals surface area (Å²) in [4.78, 5) is 0. The molecule has 0 atom stereocenters. The normalized spacial score (nSPS) is 10.3. The molecule has 0 aliphatic carbocycles. The molecule has 2 rings (SSSR count). The van der Waals surface area contributed by atoms with Gasteiger partial charge in [-0.15, -0.1) is 0 Å². The molecule has 3 nitrogen and oxygen atoms in total. The second kappa shape index (κ2) is 8.61. The van der Waals surface area contributed by atoms with Crippen molar-refractivity contribution in [1.29, 1.82) is 0 Å². The van der Waals surface area contributed by atoms with Crippen molar-refractivity contribution in [1.82, 2.24) is 5.32 Å². The van der Waals surface area contributed by atoms with Crippen LogP contribution in [0.3, 0.4) is 0 Å². The molecule has 2 aromatic rings. The molecule has 122 valence electrons. The number of hydrogen-bond donors (Lipinski definition) is 2. The zero-order chi connectivity index (χ0) is 16.8. The third-order valence-corrected chi connectivity index (χ3v) is 4.62. The first-order valence-corrected chi connectivity index (χ1v) is 8.81. The molecule has 2 aromatic carbocycles. The molecule has 2 N–H and O–H groups in total. The van der Waals surface area contributed by atoms with E-state index in [1.54, 1.807) is 13.2 Å². The molecule has 0 unspecified atom stereocenters. The second-order valence-corrected chi connectivity index (χ2v) is 6.84. The zero-order valence-corrected chi connectivity index (χ0v) is 16.3. The molecule has 0 amide bonds. The van der Waals surface area contributed by atoms with E-state index in [1.807, 2.05) is 18.2 Å². The molecule has 0 saturated heterocycles. The van der Waals surface area contributed by atoms with E-state index in [-0.39, 0.29) is 5.82 Å². The summed E-state index contributed by atoms with van der Waals surface area (Å²) in [7, 11) is 1.64. The Balaban J connectivity index is 1.84. The van der Waals surface area contributed by atoms with Crippen molar-refractivity contribution in [3.05, 3.63) is 56.7 Å². The van der Waals surface area contributed by atoms with Crippen LogP contribution in [0.5, 0.6) is 5.75 Å². The molecular formula is C16H15Br2FN2OS. The summed E-state index contributed by atoms with van der Waals surface area (Å²) in [5.41, 5.74) is 1.88. The summed E-state index contributed by atoms with van der Waals surface area (Å²) in [5, 5.41) is 6.65. The summed E-state index contributed by atoms with van der Waals surface area (Å²) in [6.45, 7) is 0.684. The van der Waals surface area contributed by atoms with Crippen LogP contribution in [0.15, 0.2) is 45.3 Å². The fourth-order valence-corrected chi connectivity index (χ4v) is 3.19. The molecule has 23 heavy (non-hydrogen) atoms. The van der Waals surface area contributed by atoms with Gasteiger partial charge in [-0.05, 0) is 86.4 Å². The Labute approximate surface area is 156 Å². The highest BCUT2D eigenvalue weighted by Gasteiger charge is 2.05. The van der Waals surface area contributed by atoms with Crippen LogP contribution in [0.25, 0.3) is 0 Å². The van der Waals surface area contributed by atoms with Gasteiger partial charge in [0.1, 0.15) is 11.6 Å². The number of thiocarbonyl (C=S) groups is 1. The van der Waals surface area contributed by atoms with Crippen LogP contribution < -0.4 is 15.4 Å². The molecule has 0 bridgehead atoms. The highest BCUT2D eigenvalue weighted by Crippen LogP contribution is 2.25. The van der Waals surface area contributed by atoms with Gasteiger partial charge in [-0.3, -0.25) is 0 Å². The molecule has 0 spiro atoms. The maximum absolute atomic E-state index is 13.0. The highest BCUT2D eigenvalue weighted by molar-refractivity contribution is 9.11. The Hall–Kier alpha value is -1.18. The van der Waals surface area contributed by atoms with Crippen LogP contribution in [-0.2, 0) is 6.42 Å². The van der Waals surface area contributed by atoms with E-state index in [2.05, 4.69) is 42.5 Å². The average Bonchev–Trinajstić information content (AvgIpc) is 2.50. The van der Waals surface area contributed by atoms with Gasteiger partial charge >= 0.3 is 0 Å². The molecule has 0 aromatic heterocycles. The molecular weight excluding hydrogens is 447 g/mol. The third-order valence-electron chi connectivity index (χ3n) is 3.09. The summed E-state index contributed by atoms with van der Waals surface area (Å²) >= 11 is 12.0. The van der Waals surface area contributed by atoms with Crippen molar-refractivity contribution in [2.24, 2.45) is 0 Å². The van der Waals surface area contributed by atoms with Gasteiger partial charge in [0.15, 0.2) is 5.11 Å². The zero-order valence-electron chi connectivity index (χ0n) is 12.3. The lowest BCUT2D eigenvalue weighted by atomic mass is 10.1. The molecule has 0 aliphatic heterocycles. The minimum atomic E-state index is -0.300. The van der Waals surface area contributed by atoms with E-state index >= 15 is 0 Å². The van der Waals surface area contributed by atoms with Crippen molar-refractivity contribution in [2.45, 2.75) is 6.42 Å². The second-order valence-electron chi connectivity index (χ2n) is 4.72. The average molecular weight is 462 g/mol. The molecule has 7 heteroatoms. The molecule has 0 heterocycles. The number of anilines is 1. The molecule has 0 saturated carbocycles. The summed E-state index contributed by atoms with van der Waals surface area (Å²) < 4.78 is 19.8. The number of hydrogen-bond acceptors (Lipinski definition) is 2. The standard InChI is InChI=1S/C16H15Br2FN2OS/c1-22-15-5-2-10(8-13(15)18)6-7-20-16(23)21-14-4-3-11(19)9-12(14)17/h2-5,8-9H,6-7H2,1H3,(H2,20,21,23).